The Morgan fingerprint density at radius 3 is 2.44 bits per heavy atom. The van der Waals surface area contributed by atoms with E-state index in [0.29, 0.717) is 49.1 Å². The van der Waals surface area contributed by atoms with Crippen molar-refractivity contribution in [3.8, 4) is 0 Å². The van der Waals surface area contributed by atoms with Crippen LogP contribution in [0.1, 0.15) is 42.5 Å². The van der Waals surface area contributed by atoms with Crippen LogP contribution in [-0.4, -0.2) is 70.8 Å². The summed E-state index contributed by atoms with van der Waals surface area (Å²) >= 11 is 0. The van der Waals surface area contributed by atoms with E-state index in [1.54, 1.807) is 23.2 Å². The number of aromatic nitrogens is 1. The van der Waals surface area contributed by atoms with Gasteiger partial charge < -0.3 is 15.1 Å². The number of fused-ring (bicyclic) bond motifs is 6. The highest BCUT2D eigenvalue weighted by molar-refractivity contribution is 6.08. The lowest BCUT2D eigenvalue weighted by Gasteiger charge is -2.50. The maximum atomic E-state index is 13.0. The molecule has 1 spiro atoms. The van der Waals surface area contributed by atoms with Crippen LogP contribution in [0.15, 0.2) is 18.3 Å². The van der Waals surface area contributed by atoms with Gasteiger partial charge in [0.25, 0.3) is 5.91 Å². The molecule has 0 aromatic carbocycles. The van der Waals surface area contributed by atoms with Gasteiger partial charge in [-0.2, -0.15) is 0 Å². The van der Waals surface area contributed by atoms with Crippen LogP contribution in [0.25, 0.3) is 0 Å². The molecule has 2 saturated carbocycles. The summed E-state index contributed by atoms with van der Waals surface area (Å²) in [4.78, 5) is 60.8. The smallest absolute Gasteiger partial charge is 0.256 e. The lowest BCUT2D eigenvalue weighted by Crippen LogP contribution is -2.67. The molecule has 5 aliphatic rings. The van der Waals surface area contributed by atoms with Crippen molar-refractivity contribution in [2.45, 2.75) is 37.8 Å². The van der Waals surface area contributed by atoms with E-state index in [1.165, 1.54) is 4.90 Å². The summed E-state index contributed by atoms with van der Waals surface area (Å²) in [6.45, 7) is 0.726. The summed E-state index contributed by atoms with van der Waals surface area (Å²) in [7, 11) is 1.91. The van der Waals surface area contributed by atoms with Gasteiger partial charge in [-0.25, -0.2) is 4.98 Å². The third kappa shape index (κ3) is 2.59. The third-order valence-corrected chi connectivity index (χ3v) is 8.59. The first kappa shape index (κ1) is 19.7. The molecule has 3 aliphatic heterocycles. The Morgan fingerprint density at radius 1 is 1.12 bits per heavy atom. The summed E-state index contributed by atoms with van der Waals surface area (Å²) in [5.74, 6) is 0.251. The zero-order valence-corrected chi connectivity index (χ0v) is 18.1. The maximum Gasteiger partial charge on any atom is 0.256 e. The zero-order valence-electron chi connectivity index (χ0n) is 18.1. The van der Waals surface area contributed by atoms with Crippen LogP contribution in [0, 0.1) is 23.7 Å². The molecule has 2 saturated heterocycles. The predicted octanol–water partition coefficient (Wildman–Crippen LogP) is 0.611. The second kappa shape index (κ2) is 6.76. The van der Waals surface area contributed by atoms with Crippen molar-refractivity contribution in [2.75, 3.05) is 31.6 Å². The molecule has 6 rings (SSSR count). The van der Waals surface area contributed by atoms with Gasteiger partial charge in [0.1, 0.15) is 18.0 Å². The number of rotatable bonds is 2. The van der Waals surface area contributed by atoms with Gasteiger partial charge in [0, 0.05) is 39.2 Å². The van der Waals surface area contributed by atoms with E-state index in [4.69, 9.17) is 0 Å². The van der Waals surface area contributed by atoms with E-state index in [-0.39, 0.29) is 42.0 Å². The number of hydrogen-bond donors (Lipinski definition) is 1. The van der Waals surface area contributed by atoms with Gasteiger partial charge in [-0.15, -0.1) is 0 Å². The molecule has 0 unspecified atom stereocenters. The Labute approximate surface area is 186 Å². The van der Waals surface area contributed by atoms with E-state index < -0.39 is 5.66 Å². The average Bonchev–Trinajstić information content (AvgIpc) is 3.48. The van der Waals surface area contributed by atoms with Crippen LogP contribution in [-0.2, 0) is 14.4 Å². The fourth-order valence-electron chi connectivity index (χ4n) is 6.85. The summed E-state index contributed by atoms with van der Waals surface area (Å²) < 4.78 is 0. The molecule has 4 heterocycles. The fourth-order valence-corrected chi connectivity index (χ4v) is 6.85. The number of piperidine rings is 1. The Bertz CT molecular complexity index is 1000. The van der Waals surface area contributed by atoms with E-state index in [9.17, 15) is 19.2 Å². The summed E-state index contributed by atoms with van der Waals surface area (Å²) in [6.07, 6.45) is 5.81. The highest BCUT2D eigenvalue weighted by atomic mass is 16.2. The molecule has 4 atom stereocenters. The van der Waals surface area contributed by atoms with E-state index in [2.05, 4.69) is 10.3 Å². The van der Waals surface area contributed by atoms with Crippen molar-refractivity contribution in [1.29, 1.82) is 0 Å². The van der Waals surface area contributed by atoms with Gasteiger partial charge in [0.15, 0.2) is 0 Å². The second-order valence-corrected chi connectivity index (χ2v) is 9.95. The third-order valence-electron chi connectivity index (χ3n) is 8.59. The zero-order chi connectivity index (χ0) is 22.2. The number of nitrogens with one attached hydrogen (secondary N) is 1. The lowest BCUT2D eigenvalue weighted by molar-refractivity contribution is -0.147. The number of likely N-dealkylation sites (tertiary alicyclic amines) is 2. The molecule has 4 amide bonds. The van der Waals surface area contributed by atoms with Crippen LogP contribution in [0.2, 0.25) is 0 Å². The first-order chi connectivity index (χ1) is 15.4. The monoisotopic (exact) mass is 437 g/mol. The van der Waals surface area contributed by atoms with Gasteiger partial charge >= 0.3 is 0 Å². The number of pyridine rings is 1. The average molecular weight is 438 g/mol. The summed E-state index contributed by atoms with van der Waals surface area (Å²) in [5, 5.41) is 3.12. The number of carbonyl (C=O) groups excluding carboxylic acids is 4. The molecule has 2 aliphatic carbocycles. The minimum absolute atomic E-state index is 0.143. The Hall–Kier alpha value is -2.97. The van der Waals surface area contributed by atoms with Crippen LogP contribution >= 0.6 is 0 Å². The minimum atomic E-state index is -0.593. The van der Waals surface area contributed by atoms with Crippen molar-refractivity contribution >= 4 is 29.4 Å². The number of anilines is 1. The Kier molecular flexibility index (Phi) is 4.16. The van der Waals surface area contributed by atoms with Crippen LogP contribution in [0.3, 0.4) is 0 Å². The normalized spacial score (nSPS) is 32.4. The molecule has 1 N–H and O–H groups in total. The van der Waals surface area contributed by atoms with E-state index in [0.717, 1.165) is 19.3 Å². The van der Waals surface area contributed by atoms with Crippen molar-refractivity contribution in [2.24, 2.45) is 23.7 Å². The molecular formula is C23H27N5O4. The number of carbonyl (C=O) groups is 4. The summed E-state index contributed by atoms with van der Waals surface area (Å²) in [6, 6.07) is 3.50. The second-order valence-electron chi connectivity index (χ2n) is 9.95. The van der Waals surface area contributed by atoms with Gasteiger partial charge in [0.2, 0.25) is 17.7 Å². The van der Waals surface area contributed by atoms with Crippen molar-refractivity contribution in [1.82, 2.24) is 20.1 Å². The molecule has 2 bridgehead atoms. The highest BCUT2D eigenvalue weighted by Gasteiger charge is 2.61. The van der Waals surface area contributed by atoms with Crippen molar-refractivity contribution in [3.05, 3.63) is 23.9 Å². The van der Waals surface area contributed by atoms with Crippen molar-refractivity contribution in [3.63, 3.8) is 0 Å². The molecule has 168 valence electrons. The van der Waals surface area contributed by atoms with Gasteiger partial charge in [-0.1, -0.05) is 0 Å². The molecule has 0 radical (unpaired) electrons. The fraction of sp³-hybridized carbons (Fsp3) is 0.609. The topological polar surface area (TPSA) is 103 Å². The molecule has 4 fully saturated rings. The van der Waals surface area contributed by atoms with Crippen LogP contribution < -0.4 is 10.2 Å². The molecule has 1 aromatic rings. The lowest BCUT2D eigenvalue weighted by atomic mass is 9.81. The molecule has 9 nitrogen and oxygen atoms in total. The van der Waals surface area contributed by atoms with Crippen LogP contribution in [0.5, 0.6) is 0 Å². The molecule has 9 heteroatoms. The Morgan fingerprint density at radius 2 is 1.78 bits per heavy atom. The number of amides is 4. The number of imide groups is 1. The van der Waals surface area contributed by atoms with Crippen LogP contribution in [0.4, 0.5) is 5.82 Å². The van der Waals surface area contributed by atoms with E-state index >= 15 is 0 Å². The first-order valence-corrected chi connectivity index (χ1v) is 11.5. The van der Waals surface area contributed by atoms with Gasteiger partial charge in [0.05, 0.1) is 17.4 Å². The maximum absolute atomic E-state index is 13.0. The molecule has 1 aromatic heterocycles. The Balaban J connectivity index is 1.13. The van der Waals surface area contributed by atoms with Gasteiger partial charge in [-0.05, 0) is 43.2 Å². The number of nitrogens with zero attached hydrogens (tertiary/aromatic N) is 4. The first-order valence-electron chi connectivity index (χ1n) is 11.5. The SMILES string of the molecule is CN1c2ncccc2C(=O)NC12CCN(C(=O)CN1C(=O)[C@@H]3[C@@H]4CC[C@@H](C4)[C@@H]3C1=O)CC2. The number of hydrogen-bond acceptors (Lipinski definition) is 6. The van der Waals surface area contributed by atoms with Gasteiger partial charge in [-0.3, -0.25) is 24.1 Å². The standard InChI is InChI=1S/C23H27N5O4/c1-26-19-15(3-2-8-24-19)20(30)25-23(26)6-9-27(10-7-23)16(29)12-28-21(31)17-13-4-5-14(11-13)18(17)22(28)32/h2-3,8,13-14,17-18H,4-7,9-12H2,1H3,(H,25,30)/t13-,14+,17-,18+. The molecular weight excluding hydrogens is 410 g/mol. The quantitative estimate of drug-likeness (QED) is 0.680. The highest BCUT2D eigenvalue weighted by Crippen LogP contribution is 2.56. The largest absolute Gasteiger partial charge is 0.341 e. The van der Waals surface area contributed by atoms with E-state index in [1.807, 2.05) is 11.9 Å². The van der Waals surface area contributed by atoms with Crippen molar-refractivity contribution < 1.29 is 19.2 Å². The minimum Gasteiger partial charge on any atom is -0.341 e. The molecule has 32 heavy (non-hydrogen) atoms. The predicted molar refractivity (Wildman–Crippen MR) is 113 cm³/mol. The summed E-state index contributed by atoms with van der Waals surface area (Å²) in [5.41, 5.74) is -0.0465.